The smallest absolute Gasteiger partial charge is 0.187 e. The Labute approximate surface area is 211 Å². The SMILES string of the molecule is C=CCO[C@@H]1OC(CO)[C@@H](O[C@@H]2OC(CO)[C@H](O[C@H]3OC(CO)[C@@H](O)[C@@H](O)C3O)[C@@H](O)C2O)[C@H](O)C1O. The van der Waals surface area contributed by atoms with Crippen LogP contribution in [0, 0.1) is 0 Å². The minimum Gasteiger partial charge on any atom is -0.394 e. The lowest BCUT2D eigenvalue weighted by atomic mass is 9.96. The summed E-state index contributed by atoms with van der Waals surface area (Å²) >= 11 is 0. The van der Waals surface area contributed by atoms with Gasteiger partial charge in [0, 0.05) is 0 Å². The van der Waals surface area contributed by atoms with Crippen molar-refractivity contribution in [3.63, 3.8) is 0 Å². The lowest BCUT2D eigenvalue weighted by Gasteiger charge is -2.48. The summed E-state index contributed by atoms with van der Waals surface area (Å²) < 4.78 is 32.4. The fraction of sp³-hybridized carbons (Fsp3) is 0.905. The van der Waals surface area contributed by atoms with Gasteiger partial charge in [-0.1, -0.05) is 6.08 Å². The molecule has 0 aromatic heterocycles. The molecule has 3 heterocycles. The molecule has 16 heteroatoms. The molecule has 10 N–H and O–H groups in total. The molecular formula is C21H36O16. The molecule has 0 bridgehead atoms. The highest BCUT2D eigenvalue weighted by Crippen LogP contribution is 2.32. The monoisotopic (exact) mass is 544 g/mol. The number of hydrogen-bond acceptors (Lipinski definition) is 16. The molecule has 0 radical (unpaired) electrons. The van der Waals surface area contributed by atoms with E-state index in [4.69, 9.17) is 28.4 Å². The van der Waals surface area contributed by atoms with Gasteiger partial charge in [-0.25, -0.2) is 0 Å². The zero-order valence-corrected chi connectivity index (χ0v) is 19.7. The van der Waals surface area contributed by atoms with Gasteiger partial charge in [-0.05, 0) is 0 Å². The van der Waals surface area contributed by atoms with Gasteiger partial charge in [0.1, 0.15) is 73.2 Å². The van der Waals surface area contributed by atoms with E-state index in [9.17, 15) is 51.1 Å². The van der Waals surface area contributed by atoms with Gasteiger partial charge in [0.15, 0.2) is 18.9 Å². The Hall–Kier alpha value is -0.900. The second-order valence-corrected chi connectivity index (χ2v) is 8.93. The molecule has 3 aliphatic heterocycles. The van der Waals surface area contributed by atoms with Crippen molar-refractivity contribution in [2.45, 2.75) is 92.1 Å². The Morgan fingerprint density at radius 2 is 0.946 bits per heavy atom. The number of hydrogen-bond donors (Lipinski definition) is 10. The van der Waals surface area contributed by atoms with Crippen molar-refractivity contribution in [3.8, 4) is 0 Å². The van der Waals surface area contributed by atoms with Gasteiger partial charge in [0.25, 0.3) is 0 Å². The van der Waals surface area contributed by atoms with Crippen LogP contribution in [0.4, 0.5) is 0 Å². The van der Waals surface area contributed by atoms with Crippen LogP contribution in [0.3, 0.4) is 0 Å². The molecule has 0 saturated carbocycles. The fourth-order valence-corrected chi connectivity index (χ4v) is 4.34. The van der Waals surface area contributed by atoms with Gasteiger partial charge in [-0.3, -0.25) is 0 Å². The van der Waals surface area contributed by atoms with Crippen molar-refractivity contribution >= 4 is 0 Å². The summed E-state index contributed by atoms with van der Waals surface area (Å²) in [7, 11) is 0. The molecular weight excluding hydrogens is 508 g/mol. The first kappa shape index (κ1) is 30.6. The summed E-state index contributed by atoms with van der Waals surface area (Å²) in [5.41, 5.74) is 0. The molecule has 0 aromatic rings. The van der Waals surface area contributed by atoms with Gasteiger partial charge in [-0.15, -0.1) is 6.58 Å². The van der Waals surface area contributed by atoms with Crippen molar-refractivity contribution in [2.24, 2.45) is 0 Å². The molecule has 0 amide bonds. The Balaban J connectivity index is 1.70. The second-order valence-electron chi connectivity index (χ2n) is 8.93. The standard InChI is InChI=1S/C21H36O16/c1-2-3-32-19-15(30)12(27)17(8(5-23)34-19)37-21-16(31)13(28)18(9(6-24)35-21)36-20-14(29)11(26)10(25)7(4-22)33-20/h2,7-31H,1,3-6H2/t7?,8?,9?,10-,11-,12-,13+,14?,15?,16?,17-,18+,19-,20-,21+/m1/s1. The number of rotatable bonds is 10. The third-order valence-electron chi connectivity index (χ3n) is 6.45. The van der Waals surface area contributed by atoms with E-state index >= 15 is 0 Å². The van der Waals surface area contributed by atoms with Crippen molar-refractivity contribution in [3.05, 3.63) is 12.7 Å². The molecule has 6 unspecified atom stereocenters. The Morgan fingerprint density at radius 3 is 1.41 bits per heavy atom. The first-order valence-corrected chi connectivity index (χ1v) is 11.7. The summed E-state index contributed by atoms with van der Waals surface area (Å²) in [6, 6.07) is 0. The predicted octanol–water partition coefficient (Wildman–Crippen LogP) is -6.36. The zero-order valence-electron chi connectivity index (χ0n) is 19.7. The first-order chi connectivity index (χ1) is 17.6. The molecule has 3 rings (SSSR count). The number of aliphatic hydroxyl groups excluding tert-OH is 10. The van der Waals surface area contributed by atoms with Crippen LogP contribution in [0.1, 0.15) is 0 Å². The van der Waals surface area contributed by atoms with E-state index in [2.05, 4.69) is 6.58 Å². The number of aliphatic hydroxyl groups is 10. The predicted molar refractivity (Wildman–Crippen MR) is 115 cm³/mol. The second kappa shape index (κ2) is 13.4. The lowest BCUT2D eigenvalue weighted by Crippen LogP contribution is -2.66. The van der Waals surface area contributed by atoms with Crippen LogP contribution in [-0.4, -0.2) is 170 Å². The molecule has 0 spiro atoms. The van der Waals surface area contributed by atoms with E-state index in [1.807, 2.05) is 0 Å². The summed E-state index contributed by atoms with van der Waals surface area (Å²) in [5, 5.41) is 101. The third-order valence-corrected chi connectivity index (χ3v) is 6.45. The minimum atomic E-state index is -1.89. The molecule has 216 valence electrons. The van der Waals surface area contributed by atoms with Crippen molar-refractivity contribution < 1.29 is 79.5 Å². The molecule has 15 atom stereocenters. The fourth-order valence-electron chi connectivity index (χ4n) is 4.34. The zero-order chi connectivity index (χ0) is 27.4. The highest BCUT2D eigenvalue weighted by molar-refractivity contribution is 4.96. The van der Waals surface area contributed by atoms with Crippen molar-refractivity contribution in [2.75, 3.05) is 26.4 Å². The molecule has 16 nitrogen and oxygen atoms in total. The van der Waals surface area contributed by atoms with E-state index in [0.717, 1.165) is 0 Å². The molecule has 3 aliphatic rings. The summed E-state index contributed by atoms with van der Waals surface area (Å²) in [6.45, 7) is 1.20. The van der Waals surface area contributed by atoms with E-state index in [-0.39, 0.29) is 6.61 Å². The van der Waals surface area contributed by atoms with Crippen LogP contribution in [-0.2, 0) is 28.4 Å². The van der Waals surface area contributed by atoms with E-state index in [0.29, 0.717) is 0 Å². The average molecular weight is 545 g/mol. The van der Waals surface area contributed by atoms with Gasteiger partial charge in [0.2, 0.25) is 0 Å². The van der Waals surface area contributed by atoms with Crippen LogP contribution in [0.5, 0.6) is 0 Å². The summed E-state index contributed by atoms with van der Waals surface area (Å²) in [5.74, 6) is 0. The highest BCUT2D eigenvalue weighted by Gasteiger charge is 2.53. The molecule has 0 aliphatic carbocycles. The van der Waals surface area contributed by atoms with Gasteiger partial charge in [0.05, 0.1) is 26.4 Å². The maximum Gasteiger partial charge on any atom is 0.187 e. The lowest BCUT2D eigenvalue weighted by molar-refractivity contribution is -0.379. The van der Waals surface area contributed by atoms with Gasteiger partial charge in [-0.2, -0.15) is 0 Å². The van der Waals surface area contributed by atoms with Crippen LogP contribution < -0.4 is 0 Å². The molecule has 3 saturated heterocycles. The number of ether oxygens (including phenoxy) is 6. The maximum absolute atomic E-state index is 10.7. The van der Waals surface area contributed by atoms with Crippen LogP contribution in [0.25, 0.3) is 0 Å². The molecule has 0 aromatic carbocycles. The van der Waals surface area contributed by atoms with E-state index in [1.54, 1.807) is 0 Å². The van der Waals surface area contributed by atoms with Crippen LogP contribution in [0.15, 0.2) is 12.7 Å². The molecule has 37 heavy (non-hydrogen) atoms. The third kappa shape index (κ3) is 6.47. The summed E-state index contributed by atoms with van der Waals surface area (Å²) in [6.07, 6.45) is -22.7. The Morgan fingerprint density at radius 1 is 0.541 bits per heavy atom. The summed E-state index contributed by atoms with van der Waals surface area (Å²) in [4.78, 5) is 0. The highest BCUT2D eigenvalue weighted by atomic mass is 16.8. The average Bonchev–Trinajstić information content (AvgIpc) is 2.90. The maximum atomic E-state index is 10.7. The topological polar surface area (TPSA) is 258 Å². The normalized spacial score (nSPS) is 49.1. The van der Waals surface area contributed by atoms with Crippen molar-refractivity contribution in [1.29, 1.82) is 0 Å². The van der Waals surface area contributed by atoms with Crippen molar-refractivity contribution in [1.82, 2.24) is 0 Å². The minimum absolute atomic E-state index is 0.0250. The Bertz CT molecular complexity index is 708. The quantitative estimate of drug-likeness (QED) is 0.115. The van der Waals surface area contributed by atoms with E-state index in [1.165, 1.54) is 6.08 Å². The van der Waals surface area contributed by atoms with E-state index < -0.39 is 112 Å². The first-order valence-electron chi connectivity index (χ1n) is 11.7. The van der Waals surface area contributed by atoms with Crippen LogP contribution in [0.2, 0.25) is 0 Å². The van der Waals surface area contributed by atoms with Gasteiger partial charge >= 0.3 is 0 Å². The van der Waals surface area contributed by atoms with Crippen LogP contribution >= 0.6 is 0 Å². The Kier molecular flexibility index (Phi) is 11.1. The van der Waals surface area contributed by atoms with Gasteiger partial charge < -0.3 is 79.5 Å². The molecule has 3 fully saturated rings. The largest absolute Gasteiger partial charge is 0.394 e.